The Labute approximate surface area is 95.5 Å². The Morgan fingerprint density at radius 2 is 1.60 bits per heavy atom. The van der Waals surface area contributed by atoms with Crippen molar-refractivity contribution in [1.29, 1.82) is 0 Å². The van der Waals surface area contributed by atoms with Crippen LogP contribution in [0.25, 0.3) is 11.1 Å². The Bertz CT molecular complexity index is 486. The van der Waals surface area contributed by atoms with Gasteiger partial charge in [-0.2, -0.15) is 0 Å². The molecule has 2 aromatic carbocycles. The van der Waals surface area contributed by atoms with Gasteiger partial charge in [0, 0.05) is 10.6 Å². The molecule has 0 heterocycles. The molecular weight excluding hydrogens is 204 g/mol. The maximum atomic E-state index is 6.20. The van der Waals surface area contributed by atoms with Crippen LogP contribution in [0.2, 0.25) is 5.02 Å². The minimum Gasteiger partial charge on any atom is -0.0837 e. The molecule has 0 atom stereocenters. The number of benzene rings is 2. The van der Waals surface area contributed by atoms with Crippen molar-refractivity contribution in [2.75, 3.05) is 0 Å². The van der Waals surface area contributed by atoms with Gasteiger partial charge in [-0.1, -0.05) is 47.5 Å². The summed E-state index contributed by atoms with van der Waals surface area (Å²) in [5.74, 6) is 0. The lowest BCUT2D eigenvalue weighted by atomic mass is 9.99. The molecule has 0 nitrogen and oxygen atoms in total. The predicted molar refractivity (Wildman–Crippen MR) is 66.4 cm³/mol. The van der Waals surface area contributed by atoms with E-state index < -0.39 is 0 Å². The average molecular weight is 217 g/mol. The highest BCUT2D eigenvalue weighted by atomic mass is 35.5. The summed E-state index contributed by atoms with van der Waals surface area (Å²) in [7, 11) is 0. The highest BCUT2D eigenvalue weighted by molar-refractivity contribution is 6.33. The molecule has 0 spiro atoms. The van der Waals surface area contributed by atoms with Crippen LogP contribution >= 0.6 is 11.6 Å². The second-order valence-corrected chi connectivity index (χ2v) is 4.21. The summed E-state index contributed by atoms with van der Waals surface area (Å²) in [6, 6.07) is 14.4. The van der Waals surface area contributed by atoms with Gasteiger partial charge < -0.3 is 0 Å². The summed E-state index contributed by atoms with van der Waals surface area (Å²) in [5, 5.41) is 0.815. The first-order chi connectivity index (χ1) is 7.18. The van der Waals surface area contributed by atoms with Crippen LogP contribution < -0.4 is 0 Å². The second kappa shape index (κ2) is 4.08. The van der Waals surface area contributed by atoms with Gasteiger partial charge in [-0.05, 0) is 37.1 Å². The van der Waals surface area contributed by atoms with Crippen LogP contribution in [-0.4, -0.2) is 0 Å². The first kappa shape index (κ1) is 10.3. The molecule has 0 amide bonds. The fourth-order valence-corrected chi connectivity index (χ4v) is 1.94. The summed E-state index contributed by atoms with van der Waals surface area (Å²) in [4.78, 5) is 0. The molecule has 2 aromatic rings. The number of hydrogen-bond donors (Lipinski definition) is 0. The van der Waals surface area contributed by atoms with E-state index >= 15 is 0 Å². The van der Waals surface area contributed by atoms with Gasteiger partial charge in [-0.25, -0.2) is 0 Å². The molecule has 15 heavy (non-hydrogen) atoms. The van der Waals surface area contributed by atoms with Gasteiger partial charge in [0.1, 0.15) is 0 Å². The van der Waals surface area contributed by atoms with E-state index in [9.17, 15) is 0 Å². The molecule has 0 aliphatic heterocycles. The Morgan fingerprint density at radius 1 is 0.867 bits per heavy atom. The molecule has 0 N–H and O–H groups in total. The van der Waals surface area contributed by atoms with Crippen LogP contribution in [-0.2, 0) is 0 Å². The van der Waals surface area contributed by atoms with Crippen LogP contribution in [0.1, 0.15) is 11.1 Å². The zero-order valence-corrected chi connectivity index (χ0v) is 9.68. The molecule has 0 aliphatic carbocycles. The van der Waals surface area contributed by atoms with Crippen LogP contribution in [0.4, 0.5) is 0 Å². The minimum absolute atomic E-state index is 0.815. The maximum absolute atomic E-state index is 6.20. The zero-order valence-electron chi connectivity index (χ0n) is 8.92. The van der Waals surface area contributed by atoms with E-state index in [1.54, 1.807) is 0 Å². The van der Waals surface area contributed by atoms with Gasteiger partial charge in [0.15, 0.2) is 0 Å². The zero-order chi connectivity index (χ0) is 10.8. The Morgan fingerprint density at radius 3 is 2.33 bits per heavy atom. The predicted octanol–water partition coefficient (Wildman–Crippen LogP) is 4.62. The van der Waals surface area contributed by atoms with E-state index in [1.165, 1.54) is 16.7 Å². The molecule has 0 aliphatic rings. The van der Waals surface area contributed by atoms with Gasteiger partial charge in [-0.3, -0.25) is 0 Å². The van der Waals surface area contributed by atoms with Crippen LogP contribution in [0, 0.1) is 13.8 Å². The first-order valence-electron chi connectivity index (χ1n) is 5.00. The third kappa shape index (κ3) is 2.05. The molecule has 2 rings (SSSR count). The number of rotatable bonds is 1. The standard InChI is InChI=1S/C14H13Cl/c1-10-7-8-14(15)13(9-10)12-6-4-3-5-11(12)2/h3-9H,1-2H3. The van der Waals surface area contributed by atoms with Crippen molar-refractivity contribution >= 4 is 11.6 Å². The number of halogens is 1. The third-order valence-electron chi connectivity index (χ3n) is 2.56. The van der Waals surface area contributed by atoms with Crippen LogP contribution in [0.3, 0.4) is 0 Å². The van der Waals surface area contributed by atoms with Crippen LogP contribution in [0.15, 0.2) is 42.5 Å². The van der Waals surface area contributed by atoms with E-state index in [0.29, 0.717) is 0 Å². The Balaban J connectivity index is 2.64. The fraction of sp³-hybridized carbons (Fsp3) is 0.143. The molecule has 0 fully saturated rings. The topological polar surface area (TPSA) is 0 Å². The van der Waals surface area contributed by atoms with Crippen molar-refractivity contribution in [3.05, 3.63) is 58.6 Å². The molecular formula is C14H13Cl. The minimum atomic E-state index is 0.815. The van der Waals surface area contributed by atoms with E-state index in [-0.39, 0.29) is 0 Å². The van der Waals surface area contributed by atoms with E-state index in [1.807, 2.05) is 24.3 Å². The van der Waals surface area contributed by atoms with Crippen molar-refractivity contribution in [1.82, 2.24) is 0 Å². The normalized spacial score (nSPS) is 10.3. The summed E-state index contributed by atoms with van der Waals surface area (Å²) in [5.41, 5.74) is 4.82. The summed E-state index contributed by atoms with van der Waals surface area (Å²) < 4.78 is 0. The molecule has 76 valence electrons. The van der Waals surface area contributed by atoms with Gasteiger partial charge in [-0.15, -0.1) is 0 Å². The number of aryl methyl sites for hydroxylation is 2. The van der Waals surface area contributed by atoms with Gasteiger partial charge in [0.05, 0.1) is 0 Å². The fourth-order valence-electron chi connectivity index (χ4n) is 1.72. The van der Waals surface area contributed by atoms with Crippen molar-refractivity contribution in [3.8, 4) is 11.1 Å². The van der Waals surface area contributed by atoms with E-state index in [2.05, 4.69) is 32.0 Å². The highest BCUT2D eigenvalue weighted by Gasteiger charge is 2.05. The van der Waals surface area contributed by atoms with Crippen molar-refractivity contribution in [2.24, 2.45) is 0 Å². The summed E-state index contributed by atoms with van der Waals surface area (Å²) in [6.45, 7) is 4.19. The Hall–Kier alpha value is -1.27. The SMILES string of the molecule is Cc1ccc(Cl)c(-c2ccccc2C)c1. The lowest BCUT2D eigenvalue weighted by molar-refractivity contribution is 1.42. The highest BCUT2D eigenvalue weighted by Crippen LogP contribution is 2.30. The lowest BCUT2D eigenvalue weighted by Crippen LogP contribution is -1.85. The van der Waals surface area contributed by atoms with Gasteiger partial charge in [0.25, 0.3) is 0 Å². The molecule has 0 saturated heterocycles. The Kier molecular flexibility index (Phi) is 2.79. The average Bonchev–Trinajstić information content (AvgIpc) is 2.23. The van der Waals surface area contributed by atoms with Crippen molar-refractivity contribution < 1.29 is 0 Å². The van der Waals surface area contributed by atoms with E-state index in [4.69, 9.17) is 11.6 Å². The van der Waals surface area contributed by atoms with Crippen molar-refractivity contribution in [3.63, 3.8) is 0 Å². The monoisotopic (exact) mass is 216 g/mol. The molecule has 0 aromatic heterocycles. The lowest BCUT2D eigenvalue weighted by Gasteiger charge is -2.08. The summed E-state index contributed by atoms with van der Waals surface area (Å²) >= 11 is 6.20. The second-order valence-electron chi connectivity index (χ2n) is 3.80. The number of hydrogen-bond acceptors (Lipinski definition) is 0. The molecule has 1 heteroatoms. The molecule has 0 bridgehead atoms. The molecule has 0 unspecified atom stereocenters. The van der Waals surface area contributed by atoms with Gasteiger partial charge in [0.2, 0.25) is 0 Å². The maximum Gasteiger partial charge on any atom is 0.0484 e. The molecule has 0 radical (unpaired) electrons. The largest absolute Gasteiger partial charge is 0.0837 e. The third-order valence-corrected chi connectivity index (χ3v) is 2.89. The van der Waals surface area contributed by atoms with E-state index in [0.717, 1.165) is 10.6 Å². The molecule has 0 saturated carbocycles. The van der Waals surface area contributed by atoms with Crippen molar-refractivity contribution in [2.45, 2.75) is 13.8 Å². The smallest absolute Gasteiger partial charge is 0.0484 e. The van der Waals surface area contributed by atoms with Gasteiger partial charge >= 0.3 is 0 Å². The van der Waals surface area contributed by atoms with Crippen LogP contribution in [0.5, 0.6) is 0 Å². The summed E-state index contributed by atoms with van der Waals surface area (Å²) in [6.07, 6.45) is 0. The first-order valence-corrected chi connectivity index (χ1v) is 5.38. The quantitative estimate of drug-likeness (QED) is 0.652.